The number of hydrogen-bond acceptors (Lipinski definition) is 5. The molecule has 0 aliphatic carbocycles. The molecule has 2 aromatic rings. The average Bonchev–Trinajstić information content (AvgIpc) is 3.25. The molecular weight excluding hydrogens is 355 g/mol. The lowest BCUT2D eigenvalue weighted by molar-refractivity contribution is 0.144. The monoisotopic (exact) mass is 380 g/mol. The summed E-state index contributed by atoms with van der Waals surface area (Å²) in [6.45, 7) is 10.8. The van der Waals surface area contributed by atoms with Gasteiger partial charge in [0.15, 0.2) is 0 Å². The summed E-state index contributed by atoms with van der Waals surface area (Å²) in [5, 5.41) is 15.4. The molecule has 1 aromatic heterocycles. The van der Waals surface area contributed by atoms with E-state index in [9.17, 15) is 0 Å². The van der Waals surface area contributed by atoms with Crippen LogP contribution in [-0.2, 0) is 5.67 Å². The van der Waals surface area contributed by atoms with Crippen LogP contribution in [0.3, 0.4) is 0 Å². The van der Waals surface area contributed by atoms with Crippen LogP contribution < -0.4 is 10.6 Å². The first-order valence-corrected chi connectivity index (χ1v) is 9.51. The number of alkyl halides is 1. The van der Waals surface area contributed by atoms with E-state index < -0.39 is 5.67 Å². The molecule has 0 radical (unpaired) electrons. The van der Waals surface area contributed by atoms with Crippen molar-refractivity contribution in [2.45, 2.75) is 39.3 Å². The second-order valence-electron chi connectivity index (χ2n) is 7.06. The molecule has 0 bridgehead atoms. The first-order chi connectivity index (χ1) is 12.4. The number of aryl methyl sites for hydroxylation is 1. The van der Waals surface area contributed by atoms with E-state index in [0.717, 1.165) is 31.7 Å². The van der Waals surface area contributed by atoms with Gasteiger partial charge in [0.2, 0.25) is 11.6 Å². The highest BCUT2D eigenvalue weighted by Gasteiger charge is 2.51. The highest BCUT2D eigenvalue weighted by atomic mass is 35.5. The van der Waals surface area contributed by atoms with Crippen molar-refractivity contribution in [3.63, 3.8) is 0 Å². The largest absolute Gasteiger partial charge is 0.421 e. The molecule has 2 fully saturated rings. The summed E-state index contributed by atoms with van der Waals surface area (Å²) in [5.41, 5.74) is -0.444. The van der Waals surface area contributed by atoms with Gasteiger partial charge < -0.3 is 15.1 Å². The Kier molecular flexibility index (Phi) is 5.37. The van der Waals surface area contributed by atoms with Crippen molar-refractivity contribution < 1.29 is 8.81 Å². The fourth-order valence-electron chi connectivity index (χ4n) is 3.55. The SMILES string of the molecule is CC.Cc1ccc(C(C)(F)c2nnc(C3CNCC34CNC4)o2)cc1Cl. The van der Waals surface area contributed by atoms with E-state index in [4.69, 9.17) is 16.0 Å². The van der Waals surface area contributed by atoms with Gasteiger partial charge in [-0.1, -0.05) is 37.6 Å². The number of aromatic nitrogens is 2. The molecule has 142 valence electrons. The van der Waals surface area contributed by atoms with Crippen molar-refractivity contribution in [3.8, 4) is 0 Å². The Morgan fingerprint density at radius 2 is 1.92 bits per heavy atom. The molecule has 5 nitrogen and oxygen atoms in total. The van der Waals surface area contributed by atoms with Crippen molar-refractivity contribution in [3.05, 3.63) is 46.1 Å². The molecule has 3 heterocycles. The van der Waals surface area contributed by atoms with Crippen LogP contribution in [0.5, 0.6) is 0 Å². The quantitative estimate of drug-likeness (QED) is 0.852. The fourth-order valence-corrected chi connectivity index (χ4v) is 3.73. The van der Waals surface area contributed by atoms with E-state index in [1.54, 1.807) is 18.2 Å². The summed E-state index contributed by atoms with van der Waals surface area (Å²) >= 11 is 6.13. The van der Waals surface area contributed by atoms with E-state index >= 15 is 4.39 Å². The van der Waals surface area contributed by atoms with E-state index in [0.29, 0.717) is 16.5 Å². The molecule has 2 unspecified atom stereocenters. The van der Waals surface area contributed by atoms with Crippen molar-refractivity contribution in [1.29, 1.82) is 0 Å². The number of hydrogen-bond donors (Lipinski definition) is 2. The van der Waals surface area contributed by atoms with E-state index in [1.807, 2.05) is 20.8 Å². The average molecular weight is 381 g/mol. The van der Waals surface area contributed by atoms with Crippen LogP contribution in [0.1, 0.15) is 49.6 Å². The molecule has 4 rings (SSSR count). The van der Waals surface area contributed by atoms with Crippen LogP contribution in [0.2, 0.25) is 5.02 Å². The minimum absolute atomic E-state index is 0.0215. The van der Waals surface area contributed by atoms with E-state index in [1.165, 1.54) is 6.92 Å². The Morgan fingerprint density at radius 3 is 2.54 bits per heavy atom. The van der Waals surface area contributed by atoms with E-state index in [-0.39, 0.29) is 17.2 Å². The highest BCUT2D eigenvalue weighted by Crippen LogP contribution is 2.43. The molecule has 7 heteroatoms. The molecule has 0 amide bonds. The minimum Gasteiger partial charge on any atom is -0.421 e. The normalized spacial score (nSPS) is 23.1. The van der Waals surface area contributed by atoms with Gasteiger partial charge in [0.05, 0.1) is 5.92 Å². The molecule has 2 aliphatic rings. The van der Waals surface area contributed by atoms with Gasteiger partial charge in [-0.3, -0.25) is 0 Å². The van der Waals surface area contributed by atoms with Crippen molar-refractivity contribution in [2.24, 2.45) is 5.41 Å². The fraction of sp³-hybridized carbons (Fsp3) is 0.579. The zero-order chi connectivity index (χ0) is 18.9. The smallest absolute Gasteiger partial charge is 0.257 e. The van der Waals surface area contributed by atoms with Gasteiger partial charge in [0.1, 0.15) is 0 Å². The predicted molar refractivity (Wildman–Crippen MR) is 100 cm³/mol. The predicted octanol–water partition coefficient (Wildman–Crippen LogP) is 3.57. The van der Waals surface area contributed by atoms with Gasteiger partial charge in [-0.25, -0.2) is 4.39 Å². The summed E-state index contributed by atoms with van der Waals surface area (Å²) in [6, 6.07) is 5.12. The summed E-state index contributed by atoms with van der Waals surface area (Å²) in [5.74, 6) is 0.614. The molecule has 0 saturated carbocycles. The highest BCUT2D eigenvalue weighted by molar-refractivity contribution is 6.31. The van der Waals surface area contributed by atoms with Crippen LogP contribution in [-0.4, -0.2) is 36.4 Å². The molecule has 1 aromatic carbocycles. The zero-order valence-electron chi connectivity index (χ0n) is 15.7. The maximum Gasteiger partial charge on any atom is 0.257 e. The molecule has 2 aliphatic heterocycles. The summed E-state index contributed by atoms with van der Waals surface area (Å²) in [7, 11) is 0. The minimum atomic E-state index is -1.88. The summed E-state index contributed by atoms with van der Waals surface area (Å²) in [4.78, 5) is 0. The van der Waals surface area contributed by atoms with Crippen LogP contribution >= 0.6 is 11.6 Å². The van der Waals surface area contributed by atoms with Crippen LogP contribution in [0.15, 0.2) is 22.6 Å². The molecule has 2 atom stereocenters. The topological polar surface area (TPSA) is 63.0 Å². The first-order valence-electron chi connectivity index (χ1n) is 9.13. The van der Waals surface area contributed by atoms with Crippen LogP contribution in [0, 0.1) is 12.3 Å². The lowest BCUT2D eigenvalue weighted by atomic mass is 9.73. The summed E-state index contributed by atoms with van der Waals surface area (Å²) < 4.78 is 21.2. The van der Waals surface area contributed by atoms with Gasteiger partial charge in [0.25, 0.3) is 5.89 Å². The Bertz CT molecular complexity index is 773. The van der Waals surface area contributed by atoms with Gasteiger partial charge in [-0.15, -0.1) is 10.2 Å². The Labute approximate surface area is 158 Å². The van der Waals surface area contributed by atoms with Gasteiger partial charge in [-0.05, 0) is 31.0 Å². The zero-order valence-corrected chi connectivity index (χ0v) is 16.5. The maximum absolute atomic E-state index is 15.4. The third kappa shape index (κ3) is 3.15. The third-order valence-corrected chi connectivity index (χ3v) is 5.78. The molecule has 1 spiro atoms. The Morgan fingerprint density at radius 1 is 1.23 bits per heavy atom. The number of halogens is 2. The van der Waals surface area contributed by atoms with E-state index in [2.05, 4.69) is 20.8 Å². The maximum atomic E-state index is 15.4. The van der Waals surface area contributed by atoms with Gasteiger partial charge >= 0.3 is 0 Å². The van der Waals surface area contributed by atoms with Gasteiger partial charge in [-0.2, -0.15) is 0 Å². The van der Waals surface area contributed by atoms with Crippen LogP contribution in [0.25, 0.3) is 0 Å². The van der Waals surface area contributed by atoms with Crippen molar-refractivity contribution >= 4 is 11.6 Å². The standard InChI is InChI=1S/C17H20ClFN4O.C2H6/c1-10-3-4-11(5-13(10)18)16(2,19)15-23-22-14(24-15)12-6-20-7-17(12)8-21-9-17;1-2/h3-5,12,20-21H,6-9H2,1-2H3;1-2H3. The second-order valence-corrected chi connectivity index (χ2v) is 7.47. The Hall–Kier alpha value is -1.50. The summed E-state index contributed by atoms with van der Waals surface area (Å²) in [6.07, 6.45) is 0. The number of nitrogens with zero attached hydrogens (tertiary/aromatic N) is 2. The van der Waals surface area contributed by atoms with Crippen LogP contribution in [0.4, 0.5) is 4.39 Å². The Balaban J connectivity index is 0.000000948. The lowest BCUT2D eigenvalue weighted by Gasteiger charge is -2.42. The lowest BCUT2D eigenvalue weighted by Crippen LogP contribution is -2.57. The number of rotatable bonds is 3. The second kappa shape index (κ2) is 7.25. The number of benzene rings is 1. The first kappa shape index (κ1) is 19.3. The third-order valence-electron chi connectivity index (χ3n) is 5.37. The van der Waals surface area contributed by atoms with Crippen molar-refractivity contribution in [2.75, 3.05) is 26.2 Å². The molecule has 2 saturated heterocycles. The molecular formula is C19H26ClFN4O. The molecule has 26 heavy (non-hydrogen) atoms. The molecule has 2 N–H and O–H groups in total. The number of nitrogens with one attached hydrogen (secondary N) is 2. The van der Waals surface area contributed by atoms with Crippen molar-refractivity contribution in [1.82, 2.24) is 20.8 Å². The van der Waals surface area contributed by atoms with Gasteiger partial charge in [0, 0.05) is 36.6 Å².